The standard InChI is InChI=1S/C4H7B2I3/c7-4-1-2-5(8)6(9)3-4/h4H,1-3H2. The molecule has 0 aromatic heterocycles. The van der Waals surface area contributed by atoms with Crippen molar-refractivity contribution in [3.05, 3.63) is 0 Å². The molecule has 0 bridgehead atoms. The van der Waals surface area contributed by atoms with Crippen LogP contribution in [0, 0.1) is 0 Å². The van der Waals surface area contributed by atoms with Gasteiger partial charge in [-0.25, -0.2) is 0 Å². The van der Waals surface area contributed by atoms with Gasteiger partial charge in [0.05, 0.1) is 0 Å². The van der Waals surface area contributed by atoms with Crippen molar-refractivity contribution in [2.75, 3.05) is 0 Å². The minimum absolute atomic E-state index is 0.929. The van der Waals surface area contributed by atoms with Gasteiger partial charge < -0.3 is 0 Å². The highest BCUT2D eigenvalue weighted by atomic mass is 127. The van der Waals surface area contributed by atoms with Crippen LogP contribution in [-0.4, -0.2) is 12.8 Å². The monoisotopic (exact) mass is 458 g/mol. The highest BCUT2D eigenvalue weighted by Crippen LogP contribution is 2.30. The predicted molar refractivity (Wildman–Crippen MR) is 71.6 cm³/mol. The normalized spacial score (nSPS) is 29.0. The van der Waals surface area contributed by atoms with Crippen LogP contribution in [-0.2, 0) is 0 Å². The molecule has 1 fully saturated rings. The van der Waals surface area contributed by atoms with Gasteiger partial charge in [-0.15, -0.1) is 0 Å². The van der Waals surface area contributed by atoms with Crippen molar-refractivity contribution in [3.63, 3.8) is 0 Å². The first-order valence-corrected chi connectivity index (χ1v) is 6.86. The largest absolute Gasteiger partial charge is 0.201 e. The number of halogens is 3. The van der Waals surface area contributed by atoms with Crippen LogP contribution >= 0.6 is 67.3 Å². The van der Waals surface area contributed by atoms with E-state index in [-0.39, 0.29) is 0 Å². The van der Waals surface area contributed by atoms with E-state index in [1.807, 2.05) is 0 Å². The quantitative estimate of drug-likeness (QED) is 0.298. The van der Waals surface area contributed by atoms with Crippen molar-refractivity contribution in [2.45, 2.75) is 23.0 Å². The molecule has 0 radical (unpaired) electrons. The van der Waals surface area contributed by atoms with Crippen molar-refractivity contribution < 1.29 is 0 Å². The third kappa shape index (κ3) is 3.04. The molecule has 0 saturated carbocycles. The molecule has 9 heavy (non-hydrogen) atoms. The summed E-state index contributed by atoms with van der Waals surface area (Å²) in [5, 5.41) is 0. The molecule has 1 heterocycles. The van der Waals surface area contributed by atoms with Gasteiger partial charge in [-0.1, -0.05) is 35.2 Å². The Morgan fingerprint density at radius 3 is 2.33 bits per heavy atom. The van der Waals surface area contributed by atoms with Gasteiger partial charge >= 0.3 is 0 Å². The van der Waals surface area contributed by atoms with Gasteiger partial charge in [0, 0.05) is 3.92 Å². The van der Waals surface area contributed by atoms with Gasteiger partial charge in [-0.3, -0.25) is 0 Å². The highest BCUT2D eigenvalue weighted by Gasteiger charge is 2.30. The van der Waals surface area contributed by atoms with E-state index in [2.05, 4.69) is 67.3 Å². The van der Waals surface area contributed by atoms with Crippen molar-refractivity contribution >= 4 is 76.3 Å². The van der Waals surface area contributed by atoms with Crippen LogP contribution < -0.4 is 0 Å². The van der Waals surface area contributed by atoms with E-state index in [0.29, 0.717) is 0 Å². The second-order valence-corrected chi connectivity index (χ2v) is 7.40. The summed E-state index contributed by atoms with van der Waals surface area (Å²) in [5.41, 5.74) is 0. The summed E-state index contributed by atoms with van der Waals surface area (Å²) in [7, 11) is 0. The smallest absolute Gasteiger partial charge is 0.159 e. The lowest BCUT2D eigenvalue weighted by Gasteiger charge is -2.21. The topological polar surface area (TPSA) is 0 Å². The van der Waals surface area contributed by atoms with Crippen molar-refractivity contribution in [2.24, 2.45) is 0 Å². The Hall–Kier alpha value is 2.32. The Labute approximate surface area is 97.7 Å². The molecule has 0 spiro atoms. The molecule has 0 nitrogen and oxygen atoms in total. The van der Waals surface area contributed by atoms with Crippen LogP contribution in [0.15, 0.2) is 0 Å². The zero-order chi connectivity index (χ0) is 6.85. The molecule has 1 aliphatic heterocycles. The Balaban J connectivity index is 2.35. The van der Waals surface area contributed by atoms with E-state index >= 15 is 0 Å². The Morgan fingerprint density at radius 2 is 1.89 bits per heavy atom. The highest BCUT2D eigenvalue weighted by molar-refractivity contribution is 14.2. The Bertz CT molecular complexity index is 99.8. The molecule has 1 saturated heterocycles. The van der Waals surface area contributed by atoms with Gasteiger partial charge in [0.2, 0.25) is 4.46 Å². The third-order valence-electron chi connectivity index (χ3n) is 1.63. The van der Waals surface area contributed by atoms with Crippen molar-refractivity contribution in [1.82, 2.24) is 0 Å². The van der Waals surface area contributed by atoms with Crippen LogP contribution in [0.5, 0.6) is 0 Å². The molecule has 0 amide bonds. The SMILES string of the molecule is IB1CCC(I)CB1I. The number of hydrogen-bond donors (Lipinski definition) is 0. The van der Waals surface area contributed by atoms with E-state index in [9.17, 15) is 0 Å². The number of rotatable bonds is 0. The molecule has 5 heteroatoms. The molecule has 1 atom stereocenters. The zero-order valence-electron chi connectivity index (χ0n) is 4.99. The molecule has 50 valence electrons. The van der Waals surface area contributed by atoms with E-state index in [1.54, 1.807) is 0 Å². The van der Waals surface area contributed by atoms with Gasteiger partial charge in [-0.05, 0) is 6.42 Å². The fourth-order valence-electron chi connectivity index (χ4n) is 1.03. The van der Waals surface area contributed by atoms with Gasteiger partial charge in [0.25, 0.3) is 0 Å². The maximum Gasteiger partial charge on any atom is 0.201 e. The van der Waals surface area contributed by atoms with Crippen LogP contribution in [0.3, 0.4) is 0 Å². The first-order valence-electron chi connectivity index (χ1n) is 3.12. The van der Waals surface area contributed by atoms with Gasteiger partial charge in [-0.2, -0.15) is 44.7 Å². The average molecular weight is 457 g/mol. The summed E-state index contributed by atoms with van der Waals surface area (Å²) in [6, 6.07) is 0. The first kappa shape index (κ1) is 9.41. The zero-order valence-corrected chi connectivity index (χ0v) is 11.5. The summed E-state index contributed by atoms with van der Waals surface area (Å²) in [4.78, 5) is 0. The molecule has 1 aliphatic rings. The summed E-state index contributed by atoms with van der Waals surface area (Å²) in [5.74, 6) is 0. The van der Waals surface area contributed by atoms with Crippen LogP contribution in [0.4, 0.5) is 0 Å². The molecule has 0 aromatic rings. The van der Waals surface area contributed by atoms with Gasteiger partial charge in [0.15, 0.2) is 4.46 Å². The van der Waals surface area contributed by atoms with Gasteiger partial charge in [0.1, 0.15) is 0 Å². The minimum Gasteiger partial charge on any atom is -0.159 e. The molecular weight excluding hydrogens is 450 g/mol. The molecule has 1 unspecified atom stereocenters. The Kier molecular flexibility index (Phi) is 4.57. The van der Waals surface area contributed by atoms with Crippen molar-refractivity contribution in [1.29, 1.82) is 0 Å². The lowest BCUT2D eigenvalue weighted by molar-refractivity contribution is 0.916. The first-order chi connectivity index (χ1) is 4.20. The van der Waals surface area contributed by atoms with E-state index in [1.165, 1.54) is 19.1 Å². The maximum atomic E-state index is 2.59. The summed E-state index contributed by atoms with van der Waals surface area (Å²) in [6.45, 7) is 0. The third-order valence-corrected chi connectivity index (χ3v) is 7.00. The van der Waals surface area contributed by atoms with E-state index in [4.69, 9.17) is 0 Å². The lowest BCUT2D eigenvalue weighted by atomic mass is 9.33. The second kappa shape index (κ2) is 4.37. The van der Waals surface area contributed by atoms with E-state index < -0.39 is 0 Å². The molecule has 0 N–H and O–H groups in total. The molecule has 1 rings (SSSR count). The maximum absolute atomic E-state index is 2.59. The lowest BCUT2D eigenvalue weighted by Crippen LogP contribution is -2.31. The predicted octanol–water partition coefficient (Wildman–Crippen LogP) is 3.13. The molecular formula is C4H7B2I3. The van der Waals surface area contributed by atoms with Crippen LogP contribution in [0.25, 0.3) is 0 Å². The fraction of sp³-hybridized carbons (Fsp3) is 1.00. The second-order valence-electron chi connectivity index (χ2n) is 2.44. The number of alkyl halides is 1. The molecule has 0 aromatic carbocycles. The van der Waals surface area contributed by atoms with Crippen LogP contribution in [0.1, 0.15) is 6.42 Å². The fourth-order valence-corrected chi connectivity index (χ4v) is 4.54. The minimum atomic E-state index is 0.929. The van der Waals surface area contributed by atoms with E-state index in [0.717, 1.165) is 12.8 Å². The average Bonchev–Trinajstić information content (AvgIpc) is 1.80. The summed E-state index contributed by atoms with van der Waals surface area (Å²) < 4.78 is 2.82. The van der Waals surface area contributed by atoms with Crippen LogP contribution in [0.2, 0.25) is 12.6 Å². The summed E-state index contributed by atoms with van der Waals surface area (Å²) >= 11 is 7.74. The summed E-state index contributed by atoms with van der Waals surface area (Å²) in [6.07, 6.45) is 4.30. The van der Waals surface area contributed by atoms with Crippen molar-refractivity contribution in [3.8, 4) is 0 Å². The number of hydrogen-bond acceptors (Lipinski definition) is 0. The Morgan fingerprint density at radius 1 is 1.22 bits per heavy atom. The molecule has 0 aliphatic carbocycles.